The van der Waals surface area contributed by atoms with Gasteiger partial charge in [-0.25, -0.2) is 26.0 Å². The predicted octanol–water partition coefficient (Wildman–Crippen LogP) is 4.95. The quantitative estimate of drug-likeness (QED) is 0.468. The summed E-state index contributed by atoms with van der Waals surface area (Å²) in [6.07, 6.45) is 1.86. The number of carbonyl (C=O) groups is 1. The molecule has 0 aliphatic heterocycles. The number of rotatable bonds is 10. The molecule has 0 heterocycles. The monoisotopic (exact) mass is 501 g/mol. The van der Waals surface area contributed by atoms with Crippen molar-refractivity contribution in [3.05, 3.63) is 65.2 Å². The lowest BCUT2D eigenvalue weighted by atomic mass is 9.82. The van der Waals surface area contributed by atoms with Gasteiger partial charge in [0.2, 0.25) is 5.60 Å². The van der Waals surface area contributed by atoms with Gasteiger partial charge < -0.3 is 10.1 Å². The summed E-state index contributed by atoms with van der Waals surface area (Å²) in [4.78, 5) is 12.7. The summed E-state index contributed by atoms with van der Waals surface area (Å²) in [5.74, 6) is -8.01. The Kier molecular flexibility index (Phi) is 7.15. The largest absolute Gasteiger partial charge is 0.362 e. The van der Waals surface area contributed by atoms with Gasteiger partial charge in [-0.05, 0) is 54.2 Å². The molecular formula is C24H27F4NO4S. The normalized spacial score (nSPS) is 15.3. The molecule has 10 heteroatoms. The summed E-state index contributed by atoms with van der Waals surface area (Å²) in [6.45, 7) is 0.805. The number of halogens is 4. The number of nitrogens with one attached hydrogen (secondary N) is 1. The molecule has 0 spiro atoms. The maximum absolute atomic E-state index is 14.2. The van der Waals surface area contributed by atoms with Gasteiger partial charge in [-0.1, -0.05) is 24.3 Å². The van der Waals surface area contributed by atoms with E-state index in [1.165, 1.54) is 24.3 Å². The Morgan fingerprint density at radius 3 is 1.94 bits per heavy atom. The highest BCUT2D eigenvalue weighted by atomic mass is 32.2. The van der Waals surface area contributed by atoms with E-state index in [4.69, 9.17) is 0 Å². The van der Waals surface area contributed by atoms with Crippen molar-refractivity contribution in [2.24, 2.45) is 5.92 Å². The van der Waals surface area contributed by atoms with Gasteiger partial charge in [-0.2, -0.15) is 0 Å². The molecule has 186 valence electrons. The molecule has 5 nitrogen and oxygen atoms in total. The highest BCUT2D eigenvalue weighted by molar-refractivity contribution is 7.91. The van der Waals surface area contributed by atoms with Crippen LogP contribution in [0.15, 0.2) is 53.4 Å². The van der Waals surface area contributed by atoms with Gasteiger partial charge in [0.15, 0.2) is 9.84 Å². The second-order valence-electron chi connectivity index (χ2n) is 8.79. The minimum Gasteiger partial charge on any atom is -0.362 e. The Bertz CT molecular complexity index is 1100. The average molecular weight is 502 g/mol. The van der Waals surface area contributed by atoms with Crippen LogP contribution in [0.5, 0.6) is 0 Å². The number of benzene rings is 2. The van der Waals surface area contributed by atoms with Gasteiger partial charge in [-0.3, -0.25) is 4.79 Å². The molecule has 34 heavy (non-hydrogen) atoms. The molecule has 2 aromatic rings. The summed E-state index contributed by atoms with van der Waals surface area (Å²) in [7, 11) is -2.54. The van der Waals surface area contributed by atoms with Crippen LogP contribution in [0.2, 0.25) is 0 Å². The molecule has 0 saturated heterocycles. The van der Waals surface area contributed by atoms with Gasteiger partial charge in [-0.15, -0.1) is 0 Å². The zero-order valence-electron chi connectivity index (χ0n) is 19.1. The number of ether oxygens (including phenoxy) is 1. The van der Waals surface area contributed by atoms with Gasteiger partial charge in [0.1, 0.15) is 0 Å². The van der Waals surface area contributed by atoms with Crippen LogP contribution >= 0.6 is 0 Å². The van der Waals surface area contributed by atoms with Crippen LogP contribution in [0.1, 0.15) is 48.2 Å². The Morgan fingerprint density at radius 1 is 0.971 bits per heavy atom. The Morgan fingerprint density at radius 2 is 1.50 bits per heavy atom. The molecule has 1 fully saturated rings. The van der Waals surface area contributed by atoms with Crippen molar-refractivity contribution in [1.29, 1.82) is 0 Å². The second kappa shape index (κ2) is 9.30. The summed E-state index contributed by atoms with van der Waals surface area (Å²) < 4.78 is 86.3. The second-order valence-corrected chi connectivity index (χ2v) is 10.8. The van der Waals surface area contributed by atoms with Gasteiger partial charge in [0.05, 0.1) is 10.6 Å². The number of carbonyl (C=O) groups excluding carboxylic acids is 1. The summed E-state index contributed by atoms with van der Waals surface area (Å²) in [6, 6.07) is 10.6. The highest BCUT2D eigenvalue weighted by Gasteiger charge is 2.65. The lowest BCUT2D eigenvalue weighted by Gasteiger charge is -2.41. The summed E-state index contributed by atoms with van der Waals surface area (Å²) >= 11 is 0. The van der Waals surface area contributed by atoms with Crippen molar-refractivity contribution in [1.82, 2.24) is 5.32 Å². The van der Waals surface area contributed by atoms with Crippen LogP contribution < -0.4 is 5.32 Å². The molecular weight excluding hydrogens is 474 g/mol. The molecule has 1 saturated carbocycles. The highest BCUT2D eigenvalue weighted by Crippen LogP contribution is 2.50. The van der Waals surface area contributed by atoms with E-state index < -0.39 is 38.8 Å². The number of alkyl halides is 4. The minimum atomic E-state index is -3.91. The smallest absolute Gasteiger partial charge is 0.283 e. The average Bonchev–Trinajstić information content (AvgIpc) is 3.55. The molecule has 1 aliphatic rings. The lowest BCUT2D eigenvalue weighted by molar-refractivity contribution is -0.289. The van der Waals surface area contributed by atoms with Crippen LogP contribution in [0.4, 0.5) is 17.6 Å². The number of hydrogen-bond acceptors (Lipinski definition) is 4. The third-order valence-corrected chi connectivity index (χ3v) is 7.88. The summed E-state index contributed by atoms with van der Waals surface area (Å²) in [5, 5.41) is 2.63. The van der Waals surface area contributed by atoms with Crippen LogP contribution in [0.3, 0.4) is 0 Å². The number of hydrogen-bond donors (Lipinski definition) is 1. The zero-order chi connectivity index (χ0) is 25.4. The molecule has 1 aliphatic carbocycles. The fourth-order valence-corrected chi connectivity index (χ4v) is 5.71. The van der Waals surface area contributed by atoms with Gasteiger partial charge in [0, 0.05) is 33.1 Å². The molecule has 2 aromatic carbocycles. The maximum atomic E-state index is 14.2. The topological polar surface area (TPSA) is 72.5 Å². The molecule has 1 N–H and O–H groups in total. The Hall–Kier alpha value is -2.46. The van der Waals surface area contributed by atoms with Crippen LogP contribution in [-0.4, -0.2) is 39.0 Å². The van der Waals surface area contributed by atoms with E-state index in [9.17, 15) is 30.8 Å². The van der Waals surface area contributed by atoms with Crippen molar-refractivity contribution >= 4 is 15.7 Å². The third-order valence-electron chi connectivity index (χ3n) is 5.98. The Balaban J connectivity index is 1.69. The molecule has 0 aromatic heterocycles. The van der Waals surface area contributed by atoms with Crippen LogP contribution in [-0.2, 0) is 26.7 Å². The number of methoxy groups -OCH3 is 1. The van der Waals surface area contributed by atoms with E-state index in [1.807, 2.05) is 0 Å². The van der Waals surface area contributed by atoms with Gasteiger partial charge >= 0.3 is 0 Å². The molecule has 0 bridgehead atoms. The van der Waals surface area contributed by atoms with E-state index in [1.54, 1.807) is 12.1 Å². The molecule has 3 rings (SSSR count). The van der Waals surface area contributed by atoms with E-state index in [-0.39, 0.29) is 28.7 Å². The first-order chi connectivity index (χ1) is 15.7. The van der Waals surface area contributed by atoms with Crippen LogP contribution in [0.25, 0.3) is 0 Å². The summed E-state index contributed by atoms with van der Waals surface area (Å²) in [5.41, 5.74) is -2.92. The number of amides is 1. The molecule has 0 unspecified atom stereocenters. The first-order valence-electron chi connectivity index (χ1n) is 10.7. The first kappa shape index (κ1) is 26.2. The predicted molar refractivity (Wildman–Crippen MR) is 119 cm³/mol. The molecule has 1 amide bonds. The SMILES string of the molecule is COC(c1ccc(C(=O)NCc2ccc(S(=O)(=O)CC3CC3)cc2)cc1)(C(C)(F)F)C(C)(F)F. The van der Waals surface area contributed by atoms with Crippen molar-refractivity contribution in [3.63, 3.8) is 0 Å². The molecule has 0 radical (unpaired) electrons. The van der Waals surface area contributed by atoms with E-state index in [2.05, 4.69) is 10.1 Å². The Labute approximate surface area is 196 Å². The van der Waals surface area contributed by atoms with E-state index in [0.717, 1.165) is 32.1 Å². The zero-order valence-corrected chi connectivity index (χ0v) is 19.9. The first-order valence-corrected chi connectivity index (χ1v) is 12.4. The van der Waals surface area contributed by atoms with Crippen molar-refractivity contribution in [2.75, 3.05) is 12.9 Å². The van der Waals surface area contributed by atoms with E-state index in [0.29, 0.717) is 19.4 Å². The van der Waals surface area contributed by atoms with Crippen LogP contribution in [0, 0.1) is 5.92 Å². The van der Waals surface area contributed by atoms with E-state index >= 15 is 0 Å². The standard InChI is InChI=1S/C24H27F4NO4S/c1-22(25,26)24(33-3,23(2,27)28)19-10-8-18(9-11-19)21(30)29-14-16-6-12-20(13-7-16)34(31,32)15-17-4-5-17/h6-13,17H,4-5,14-15H2,1-3H3,(H,29,30). The minimum absolute atomic E-state index is 0.0798. The molecule has 0 atom stereocenters. The fraction of sp³-hybridized carbons (Fsp3) is 0.458. The maximum Gasteiger partial charge on any atom is 0.283 e. The lowest BCUT2D eigenvalue weighted by Crippen LogP contribution is -2.56. The van der Waals surface area contributed by atoms with Gasteiger partial charge in [0.25, 0.3) is 17.8 Å². The third kappa shape index (κ3) is 5.27. The number of sulfone groups is 1. The van der Waals surface area contributed by atoms with Crippen molar-refractivity contribution < 1.29 is 35.5 Å². The fourth-order valence-electron chi connectivity index (χ4n) is 4.01. The van der Waals surface area contributed by atoms with Crippen molar-refractivity contribution in [3.8, 4) is 0 Å². The van der Waals surface area contributed by atoms with Crippen molar-refractivity contribution in [2.45, 2.75) is 55.6 Å².